The lowest BCUT2D eigenvalue weighted by Gasteiger charge is -2.12. The van der Waals surface area contributed by atoms with Crippen LogP contribution in [0.15, 0.2) is 91.4 Å². The average molecular weight is 378 g/mol. The summed E-state index contributed by atoms with van der Waals surface area (Å²) >= 11 is 0. The van der Waals surface area contributed by atoms with Crippen LogP contribution < -0.4 is 5.32 Å². The van der Waals surface area contributed by atoms with Crippen molar-refractivity contribution in [3.8, 4) is 17.1 Å². The molecule has 6 heteroatoms. The molecule has 0 bridgehead atoms. The quantitative estimate of drug-likeness (QED) is 0.488. The number of hydrogen-bond donors (Lipinski definition) is 1. The molecule has 0 aliphatic rings. The molecule has 5 rings (SSSR count). The fourth-order valence-corrected chi connectivity index (χ4v) is 3.31. The topological polar surface area (TPSA) is 68.5 Å². The second-order valence-electron chi connectivity index (χ2n) is 6.57. The summed E-state index contributed by atoms with van der Waals surface area (Å²) in [6.45, 7) is 0.537. The van der Waals surface area contributed by atoms with Crippen molar-refractivity contribution in [2.24, 2.45) is 0 Å². The predicted molar refractivity (Wildman–Crippen MR) is 114 cm³/mol. The first-order valence-electron chi connectivity index (χ1n) is 9.38. The van der Waals surface area contributed by atoms with Crippen LogP contribution in [-0.2, 0) is 6.54 Å². The number of anilines is 1. The van der Waals surface area contributed by atoms with Crippen LogP contribution in [0.1, 0.15) is 5.56 Å². The minimum Gasteiger partial charge on any atom is -0.350 e. The van der Waals surface area contributed by atoms with Gasteiger partial charge < -0.3 is 5.32 Å². The monoisotopic (exact) mass is 378 g/mol. The van der Waals surface area contributed by atoms with Crippen molar-refractivity contribution in [3.05, 3.63) is 97.0 Å². The minimum absolute atomic E-state index is 0.537. The zero-order valence-electron chi connectivity index (χ0n) is 15.6. The van der Waals surface area contributed by atoms with E-state index in [0.717, 1.165) is 33.5 Å². The first kappa shape index (κ1) is 17.1. The number of nitrogens with zero attached hydrogens (tertiary/aromatic N) is 5. The first-order valence-corrected chi connectivity index (χ1v) is 9.38. The summed E-state index contributed by atoms with van der Waals surface area (Å²) in [7, 11) is 0. The van der Waals surface area contributed by atoms with Gasteiger partial charge in [-0.05, 0) is 18.2 Å². The zero-order chi connectivity index (χ0) is 19.5. The summed E-state index contributed by atoms with van der Waals surface area (Å²) in [6, 6.07) is 24.1. The molecule has 0 aliphatic carbocycles. The highest BCUT2D eigenvalue weighted by atomic mass is 15.3. The number of para-hydroxylation sites is 1. The standard InChI is InChI=1S/C23H18N6/c1-2-8-17(9-3-1)21-19-11-4-5-12-20(19)27-23(28-21)25-16-18-10-6-13-24-22(18)29-15-7-14-26-29/h1-15H,16H2,(H,25,27,28). The lowest BCUT2D eigenvalue weighted by Crippen LogP contribution is -2.09. The first-order chi connectivity index (χ1) is 14.4. The van der Waals surface area contributed by atoms with Gasteiger partial charge in [0, 0.05) is 41.6 Å². The van der Waals surface area contributed by atoms with Crippen LogP contribution in [0.25, 0.3) is 28.0 Å². The van der Waals surface area contributed by atoms with E-state index < -0.39 is 0 Å². The van der Waals surface area contributed by atoms with Gasteiger partial charge in [-0.25, -0.2) is 19.6 Å². The third-order valence-corrected chi connectivity index (χ3v) is 4.68. The van der Waals surface area contributed by atoms with E-state index in [-0.39, 0.29) is 0 Å². The number of hydrogen-bond acceptors (Lipinski definition) is 5. The van der Waals surface area contributed by atoms with Crippen molar-refractivity contribution >= 4 is 16.9 Å². The summed E-state index contributed by atoms with van der Waals surface area (Å²) in [5.74, 6) is 1.37. The summed E-state index contributed by atoms with van der Waals surface area (Å²) in [5, 5.41) is 8.68. The maximum absolute atomic E-state index is 4.81. The maximum atomic E-state index is 4.81. The van der Waals surface area contributed by atoms with Gasteiger partial charge in [-0.3, -0.25) is 0 Å². The molecule has 0 atom stereocenters. The van der Waals surface area contributed by atoms with Crippen LogP contribution in [0.4, 0.5) is 5.95 Å². The van der Waals surface area contributed by atoms with Crippen molar-refractivity contribution in [2.45, 2.75) is 6.54 Å². The van der Waals surface area contributed by atoms with Crippen molar-refractivity contribution in [1.82, 2.24) is 24.7 Å². The maximum Gasteiger partial charge on any atom is 0.224 e. The third-order valence-electron chi connectivity index (χ3n) is 4.68. The molecule has 0 aliphatic heterocycles. The van der Waals surface area contributed by atoms with E-state index in [1.54, 1.807) is 17.1 Å². The predicted octanol–water partition coefficient (Wildman–Crippen LogP) is 4.49. The number of nitrogens with one attached hydrogen (secondary N) is 1. The second-order valence-corrected chi connectivity index (χ2v) is 6.57. The highest BCUT2D eigenvalue weighted by Crippen LogP contribution is 2.27. The van der Waals surface area contributed by atoms with Gasteiger partial charge in [-0.1, -0.05) is 54.6 Å². The Hall–Kier alpha value is -4.06. The molecular formula is C23H18N6. The Bertz CT molecular complexity index is 1250. The highest BCUT2D eigenvalue weighted by molar-refractivity contribution is 5.93. The SMILES string of the molecule is c1ccc(-c2nc(NCc3cccnc3-n3cccn3)nc3ccccc23)cc1. The van der Waals surface area contributed by atoms with Crippen LogP contribution in [0.5, 0.6) is 0 Å². The number of fused-ring (bicyclic) bond motifs is 1. The number of pyridine rings is 1. The Balaban J connectivity index is 1.51. The number of aromatic nitrogens is 5. The second kappa shape index (κ2) is 7.52. The highest BCUT2D eigenvalue weighted by Gasteiger charge is 2.11. The average Bonchev–Trinajstić information content (AvgIpc) is 3.33. The van der Waals surface area contributed by atoms with Gasteiger partial charge >= 0.3 is 0 Å². The molecule has 0 saturated carbocycles. The lowest BCUT2D eigenvalue weighted by atomic mass is 10.1. The number of rotatable bonds is 5. The van der Waals surface area contributed by atoms with Crippen LogP contribution in [0.2, 0.25) is 0 Å². The Morgan fingerprint density at radius 2 is 1.66 bits per heavy atom. The summed E-state index contributed by atoms with van der Waals surface area (Å²) in [5.41, 5.74) is 3.89. The molecule has 29 heavy (non-hydrogen) atoms. The summed E-state index contributed by atoms with van der Waals surface area (Å²) in [4.78, 5) is 14.0. The summed E-state index contributed by atoms with van der Waals surface area (Å²) < 4.78 is 1.76. The van der Waals surface area contributed by atoms with Gasteiger partial charge in [0.05, 0.1) is 11.2 Å². The van der Waals surface area contributed by atoms with E-state index in [2.05, 4.69) is 33.6 Å². The molecule has 0 spiro atoms. The van der Waals surface area contributed by atoms with Gasteiger partial charge in [-0.15, -0.1) is 0 Å². The summed E-state index contributed by atoms with van der Waals surface area (Å²) in [6.07, 6.45) is 5.39. The molecular weight excluding hydrogens is 360 g/mol. The molecule has 0 saturated heterocycles. The minimum atomic E-state index is 0.537. The zero-order valence-corrected chi connectivity index (χ0v) is 15.6. The Kier molecular flexibility index (Phi) is 4.42. The molecule has 5 aromatic rings. The van der Waals surface area contributed by atoms with E-state index in [4.69, 9.17) is 9.97 Å². The number of benzene rings is 2. The smallest absolute Gasteiger partial charge is 0.224 e. The van der Waals surface area contributed by atoms with E-state index in [9.17, 15) is 0 Å². The van der Waals surface area contributed by atoms with Gasteiger partial charge in [-0.2, -0.15) is 5.10 Å². The van der Waals surface area contributed by atoms with Crippen molar-refractivity contribution < 1.29 is 0 Å². The molecule has 2 aromatic carbocycles. The van der Waals surface area contributed by atoms with Crippen LogP contribution in [-0.4, -0.2) is 24.7 Å². The lowest BCUT2D eigenvalue weighted by molar-refractivity contribution is 0.828. The van der Waals surface area contributed by atoms with Crippen molar-refractivity contribution in [3.63, 3.8) is 0 Å². The molecule has 6 nitrogen and oxygen atoms in total. The molecule has 1 N–H and O–H groups in total. The van der Waals surface area contributed by atoms with Crippen molar-refractivity contribution in [2.75, 3.05) is 5.32 Å². The molecule has 0 amide bonds. The van der Waals surface area contributed by atoms with Crippen LogP contribution >= 0.6 is 0 Å². The normalized spacial score (nSPS) is 10.9. The molecule has 3 heterocycles. The van der Waals surface area contributed by atoms with Gasteiger partial charge in [0.25, 0.3) is 0 Å². The van der Waals surface area contributed by atoms with Crippen molar-refractivity contribution in [1.29, 1.82) is 0 Å². The fraction of sp³-hybridized carbons (Fsp3) is 0.0435. The largest absolute Gasteiger partial charge is 0.350 e. The Morgan fingerprint density at radius 3 is 2.52 bits per heavy atom. The van der Waals surface area contributed by atoms with Gasteiger partial charge in [0.1, 0.15) is 0 Å². The van der Waals surface area contributed by atoms with E-state index in [0.29, 0.717) is 12.5 Å². The third kappa shape index (κ3) is 3.43. The Morgan fingerprint density at radius 1 is 0.793 bits per heavy atom. The molecule has 140 valence electrons. The van der Waals surface area contributed by atoms with E-state index in [1.165, 1.54) is 0 Å². The molecule has 3 aromatic heterocycles. The molecule has 0 fully saturated rings. The van der Waals surface area contributed by atoms with Crippen LogP contribution in [0, 0.1) is 0 Å². The van der Waals surface area contributed by atoms with E-state index in [1.807, 2.05) is 60.8 Å². The fourth-order valence-electron chi connectivity index (χ4n) is 3.31. The Labute approximate surface area is 167 Å². The molecule has 0 radical (unpaired) electrons. The molecule has 0 unspecified atom stereocenters. The van der Waals surface area contributed by atoms with E-state index >= 15 is 0 Å². The van der Waals surface area contributed by atoms with Gasteiger partial charge in [0.15, 0.2) is 5.82 Å². The van der Waals surface area contributed by atoms with Gasteiger partial charge in [0.2, 0.25) is 5.95 Å². The van der Waals surface area contributed by atoms with Crippen LogP contribution in [0.3, 0.4) is 0 Å².